The summed E-state index contributed by atoms with van der Waals surface area (Å²) in [6.45, 7) is 0. The molecule has 4 nitrogen and oxygen atoms in total. The zero-order chi connectivity index (χ0) is 20.2. The van der Waals surface area contributed by atoms with Gasteiger partial charge in [-0.15, -0.1) is 4.72 Å². The zero-order valence-electron chi connectivity index (χ0n) is 10.1. The number of hydrogen-bond donors (Lipinski definition) is 2. The second-order valence-electron chi connectivity index (χ2n) is 3.88. The molecule has 0 saturated carbocycles. The van der Waals surface area contributed by atoms with Gasteiger partial charge in [-0.25, -0.2) is 8.42 Å². The summed E-state index contributed by atoms with van der Waals surface area (Å²) < 4.78 is 179. The Balaban J connectivity index is 6.15. The lowest BCUT2D eigenvalue weighted by Gasteiger charge is -2.34. The molecular weight excluding hydrogens is 413 g/mol. The van der Waals surface area contributed by atoms with Gasteiger partial charge < -0.3 is 5.11 Å². The average Bonchev–Trinajstić information content (AvgIpc) is 2.23. The van der Waals surface area contributed by atoms with Crippen molar-refractivity contribution in [3.05, 3.63) is 0 Å². The molecule has 0 aromatic rings. The van der Waals surface area contributed by atoms with Gasteiger partial charge in [-0.05, 0) is 0 Å². The van der Waals surface area contributed by atoms with Gasteiger partial charge >= 0.3 is 35.4 Å². The summed E-state index contributed by atoms with van der Waals surface area (Å²) >= 11 is 0. The molecule has 24 heavy (non-hydrogen) atoms. The average molecular weight is 415 g/mol. The molecule has 0 atom stereocenters. The minimum atomic E-state index is -8.01. The summed E-state index contributed by atoms with van der Waals surface area (Å²) in [5, 5.41) is -0.163. The maximum absolute atomic E-state index is 12.9. The Morgan fingerprint density at radius 3 is 1.25 bits per heavy atom. The van der Waals surface area contributed by atoms with Crippen molar-refractivity contribution in [2.75, 3.05) is 0 Å². The first-order valence-electron chi connectivity index (χ1n) is 4.67. The summed E-state index contributed by atoms with van der Waals surface area (Å²) in [5.41, 5.74) is 0. The molecule has 0 aromatic heterocycles. The molecule has 0 radical (unpaired) electrons. The Morgan fingerprint density at radius 2 is 1.00 bits per heavy atom. The second kappa shape index (κ2) is 5.48. The third kappa shape index (κ3) is 3.35. The van der Waals surface area contributed by atoms with Crippen LogP contribution >= 0.6 is 0 Å². The first-order chi connectivity index (χ1) is 9.96. The molecule has 0 saturated heterocycles. The number of alkyl halides is 13. The predicted octanol–water partition coefficient (Wildman–Crippen LogP) is 2.51. The van der Waals surface area contributed by atoms with E-state index in [0.717, 1.165) is 0 Å². The van der Waals surface area contributed by atoms with E-state index >= 15 is 0 Å². The van der Waals surface area contributed by atoms with E-state index in [-0.39, 0.29) is 0 Å². The van der Waals surface area contributed by atoms with E-state index < -0.39 is 50.2 Å². The van der Waals surface area contributed by atoms with Crippen LogP contribution in [0.1, 0.15) is 0 Å². The number of rotatable bonds is 6. The van der Waals surface area contributed by atoms with Crippen LogP contribution in [0.15, 0.2) is 0 Å². The summed E-state index contributed by atoms with van der Waals surface area (Å²) in [6, 6.07) is -6.65. The number of hydrogen-bond acceptors (Lipinski definition) is 3. The van der Waals surface area contributed by atoms with Crippen LogP contribution in [0.2, 0.25) is 0 Å². The predicted molar refractivity (Wildman–Crippen MR) is 45.1 cm³/mol. The van der Waals surface area contributed by atoms with E-state index in [1.165, 1.54) is 0 Å². The van der Waals surface area contributed by atoms with Crippen molar-refractivity contribution in [1.82, 2.24) is 4.72 Å². The van der Waals surface area contributed by atoms with E-state index in [1.54, 1.807) is 0 Å². The third-order valence-corrected chi connectivity index (χ3v) is 3.55. The quantitative estimate of drug-likeness (QED) is 0.518. The molecule has 0 amide bonds. The molecule has 0 spiro atoms. The largest absolute Gasteiger partial charge is 0.460 e. The van der Waals surface area contributed by atoms with Gasteiger partial charge in [-0.2, -0.15) is 57.1 Å². The molecule has 2 N–H and O–H groups in total. The van der Waals surface area contributed by atoms with Crippen molar-refractivity contribution < 1.29 is 70.6 Å². The molecule has 0 aliphatic carbocycles. The van der Waals surface area contributed by atoms with Gasteiger partial charge in [0.05, 0.1) is 0 Å². The van der Waals surface area contributed by atoms with Crippen molar-refractivity contribution in [1.29, 1.82) is 0 Å². The van der Waals surface area contributed by atoms with Crippen LogP contribution < -0.4 is 4.72 Å². The highest BCUT2D eigenvalue weighted by Gasteiger charge is 2.86. The Morgan fingerprint density at radius 1 is 0.667 bits per heavy atom. The molecule has 0 unspecified atom stereocenters. The van der Waals surface area contributed by atoms with Gasteiger partial charge in [0, 0.05) is 0 Å². The summed E-state index contributed by atoms with van der Waals surface area (Å²) in [7, 11) is -8.01. The molecule has 0 aromatic carbocycles. The lowest BCUT2D eigenvalue weighted by Crippen LogP contribution is -2.67. The smallest absolute Gasteiger partial charge is 0.330 e. The second-order valence-corrected chi connectivity index (χ2v) is 5.61. The fourth-order valence-electron chi connectivity index (χ4n) is 0.824. The minimum absolute atomic E-state index is 1.25. The zero-order valence-corrected chi connectivity index (χ0v) is 10.9. The molecule has 0 fully saturated rings. The van der Waals surface area contributed by atoms with Crippen molar-refractivity contribution in [3.8, 4) is 0 Å². The number of aliphatic hydroxyl groups is 1. The highest BCUT2D eigenvalue weighted by molar-refractivity contribution is 7.90. The molecule has 0 aliphatic heterocycles. The van der Waals surface area contributed by atoms with E-state index in [0.29, 0.717) is 0 Å². The van der Waals surface area contributed by atoms with Crippen LogP contribution in [-0.2, 0) is 10.0 Å². The van der Waals surface area contributed by atoms with E-state index in [2.05, 4.69) is 0 Å². The normalized spacial score (nSPS) is 16.4. The van der Waals surface area contributed by atoms with Gasteiger partial charge in [0.1, 0.15) is 0 Å². The Kier molecular flexibility index (Phi) is 5.24. The highest BCUT2D eigenvalue weighted by Crippen LogP contribution is 2.54. The SMILES string of the molecule is O=S(=O)(NC(F)(F)C(O)(F)F)C(F)(F)C(F)(F)C(F)(F)C(F)(F)F. The van der Waals surface area contributed by atoms with E-state index in [4.69, 9.17) is 5.11 Å². The molecule has 0 heterocycles. The Labute approximate surface area is 122 Å². The fraction of sp³-hybridized carbons (Fsp3) is 1.00. The molecule has 0 rings (SSSR count). The van der Waals surface area contributed by atoms with Crippen LogP contribution in [0.3, 0.4) is 0 Å². The van der Waals surface area contributed by atoms with Gasteiger partial charge in [-0.3, -0.25) is 0 Å². The lowest BCUT2D eigenvalue weighted by molar-refractivity contribution is -0.382. The van der Waals surface area contributed by atoms with Crippen LogP contribution in [0.5, 0.6) is 0 Å². The maximum Gasteiger partial charge on any atom is 0.460 e. The van der Waals surface area contributed by atoms with Crippen LogP contribution in [0.4, 0.5) is 57.1 Å². The van der Waals surface area contributed by atoms with E-state index in [1.807, 2.05) is 0 Å². The fourth-order valence-corrected chi connectivity index (χ4v) is 1.88. The van der Waals surface area contributed by atoms with Crippen molar-refractivity contribution in [3.63, 3.8) is 0 Å². The molecule has 18 heteroatoms. The van der Waals surface area contributed by atoms with Crippen molar-refractivity contribution in [2.45, 2.75) is 35.4 Å². The monoisotopic (exact) mass is 415 g/mol. The summed E-state index contributed by atoms with van der Waals surface area (Å²) in [6.07, 6.45) is -14.0. The first-order valence-corrected chi connectivity index (χ1v) is 6.16. The Hall–Kier alpha value is -1.04. The number of nitrogens with one attached hydrogen (secondary N) is 1. The van der Waals surface area contributed by atoms with Gasteiger partial charge in [0.25, 0.3) is 10.0 Å². The minimum Gasteiger partial charge on any atom is -0.330 e. The van der Waals surface area contributed by atoms with Crippen LogP contribution in [-0.4, -0.2) is 49.0 Å². The summed E-state index contributed by atoms with van der Waals surface area (Å²) in [5.74, 6) is -15.7. The van der Waals surface area contributed by atoms with Gasteiger partial charge in [0.2, 0.25) is 0 Å². The lowest BCUT2D eigenvalue weighted by atomic mass is 10.1. The number of halogens is 13. The maximum atomic E-state index is 12.9. The third-order valence-electron chi connectivity index (χ3n) is 2.09. The van der Waals surface area contributed by atoms with Gasteiger partial charge in [-0.1, -0.05) is 0 Å². The number of sulfonamides is 1. The topological polar surface area (TPSA) is 66.4 Å². The standard InChI is InChI=1S/C6H2F13NO3S/c7-1(8,3(11,12)13)2(9,10)6(18,19)24(22,23)20-4(14,15)5(16,17)21/h20-21H. The Bertz CT molecular complexity index is 573. The van der Waals surface area contributed by atoms with E-state index in [9.17, 15) is 65.5 Å². The molecule has 146 valence electrons. The highest BCUT2D eigenvalue weighted by atomic mass is 32.2. The van der Waals surface area contributed by atoms with Crippen LogP contribution in [0, 0.1) is 0 Å². The first kappa shape index (κ1) is 23.0. The van der Waals surface area contributed by atoms with Crippen molar-refractivity contribution in [2.24, 2.45) is 0 Å². The summed E-state index contributed by atoms with van der Waals surface area (Å²) in [4.78, 5) is 0. The van der Waals surface area contributed by atoms with Crippen LogP contribution in [0.25, 0.3) is 0 Å². The van der Waals surface area contributed by atoms with Gasteiger partial charge in [0.15, 0.2) is 0 Å². The molecular formula is C6H2F13NO3S. The van der Waals surface area contributed by atoms with Crippen molar-refractivity contribution >= 4 is 10.0 Å². The molecule has 0 bridgehead atoms. The molecule has 0 aliphatic rings.